The zero-order valence-electron chi connectivity index (χ0n) is 9.22. The molecule has 2 aliphatic rings. The van der Waals surface area contributed by atoms with Gasteiger partial charge in [-0.1, -0.05) is 0 Å². The summed E-state index contributed by atoms with van der Waals surface area (Å²) in [6, 6.07) is 0.288. The van der Waals surface area contributed by atoms with E-state index < -0.39 is 10.0 Å². The van der Waals surface area contributed by atoms with Gasteiger partial charge >= 0.3 is 0 Å². The van der Waals surface area contributed by atoms with Crippen molar-refractivity contribution in [1.82, 2.24) is 4.31 Å². The second-order valence-corrected chi connectivity index (χ2v) is 7.07. The van der Waals surface area contributed by atoms with Gasteiger partial charge in [0, 0.05) is 19.1 Å². The van der Waals surface area contributed by atoms with Crippen molar-refractivity contribution in [3.05, 3.63) is 0 Å². The van der Waals surface area contributed by atoms with Gasteiger partial charge in [-0.2, -0.15) is 0 Å². The molecule has 3 atom stereocenters. The van der Waals surface area contributed by atoms with E-state index in [9.17, 15) is 8.42 Å². The van der Waals surface area contributed by atoms with Crippen LogP contribution in [-0.2, 0) is 10.0 Å². The van der Waals surface area contributed by atoms with Crippen LogP contribution in [0.2, 0.25) is 0 Å². The van der Waals surface area contributed by atoms with E-state index in [1.54, 1.807) is 11.2 Å². The van der Waals surface area contributed by atoms with E-state index in [1.807, 2.05) is 0 Å². The van der Waals surface area contributed by atoms with Crippen molar-refractivity contribution >= 4 is 10.0 Å². The molecule has 1 aliphatic heterocycles. The van der Waals surface area contributed by atoms with Gasteiger partial charge in [0.25, 0.3) is 0 Å². The number of fused-ring (bicyclic) bond motifs is 1. The topological polar surface area (TPSA) is 63.4 Å². The molecule has 2 N–H and O–H groups in total. The molecule has 1 saturated carbocycles. The van der Waals surface area contributed by atoms with Crippen LogP contribution in [-0.4, -0.2) is 37.6 Å². The second-order valence-electron chi connectivity index (χ2n) is 4.81. The van der Waals surface area contributed by atoms with Crippen molar-refractivity contribution < 1.29 is 8.42 Å². The lowest BCUT2D eigenvalue weighted by molar-refractivity contribution is 0.271. The standard InChI is InChI=1S/C10H20N2O2S/c1-2-15(13,14)12-6-8-3-4-10(11)5-9(8)7-12/h8-10H,2-7,11H2,1H3/t8-,9+,10?/m1/s1. The predicted octanol–water partition coefficient (Wildman–Crippen LogP) is 0.395. The third-order valence-electron chi connectivity index (χ3n) is 3.81. The molecule has 1 aliphatic carbocycles. The lowest BCUT2D eigenvalue weighted by Crippen LogP contribution is -2.32. The fourth-order valence-corrected chi connectivity index (χ4v) is 4.04. The van der Waals surface area contributed by atoms with Crippen LogP contribution in [0.15, 0.2) is 0 Å². The number of nitrogens with two attached hydrogens (primary N) is 1. The maximum absolute atomic E-state index is 11.7. The molecule has 1 heterocycles. The molecule has 2 rings (SSSR count). The van der Waals surface area contributed by atoms with E-state index in [0.29, 0.717) is 18.4 Å². The SMILES string of the molecule is CCS(=O)(=O)N1C[C@H]2CCC(N)C[C@H]2C1. The minimum absolute atomic E-state index is 0.221. The molecule has 88 valence electrons. The maximum atomic E-state index is 11.7. The fourth-order valence-electron chi connectivity index (χ4n) is 2.83. The Balaban J connectivity index is 2.05. The van der Waals surface area contributed by atoms with Crippen LogP contribution in [0.25, 0.3) is 0 Å². The molecule has 0 aromatic rings. The zero-order valence-corrected chi connectivity index (χ0v) is 10.0. The average molecular weight is 232 g/mol. The van der Waals surface area contributed by atoms with Gasteiger partial charge in [-0.15, -0.1) is 0 Å². The molecule has 5 heteroatoms. The van der Waals surface area contributed by atoms with Gasteiger partial charge in [0.05, 0.1) is 5.75 Å². The van der Waals surface area contributed by atoms with Crippen LogP contribution in [0.3, 0.4) is 0 Å². The Morgan fingerprint density at radius 2 is 1.93 bits per heavy atom. The van der Waals surface area contributed by atoms with E-state index >= 15 is 0 Å². The third kappa shape index (κ3) is 2.19. The van der Waals surface area contributed by atoms with Crippen LogP contribution in [0, 0.1) is 11.8 Å². The van der Waals surface area contributed by atoms with E-state index in [0.717, 1.165) is 25.8 Å². The van der Waals surface area contributed by atoms with Crippen LogP contribution in [0.5, 0.6) is 0 Å². The van der Waals surface area contributed by atoms with Crippen LogP contribution in [0.1, 0.15) is 26.2 Å². The number of sulfonamides is 1. The molecule has 0 aromatic carbocycles. The van der Waals surface area contributed by atoms with Gasteiger partial charge in [-0.25, -0.2) is 12.7 Å². The first-order valence-corrected chi connectivity index (χ1v) is 7.37. The van der Waals surface area contributed by atoms with Crippen LogP contribution >= 0.6 is 0 Å². The van der Waals surface area contributed by atoms with Gasteiger partial charge in [0.15, 0.2) is 0 Å². The van der Waals surface area contributed by atoms with E-state index in [1.165, 1.54) is 0 Å². The highest BCUT2D eigenvalue weighted by Gasteiger charge is 2.40. The van der Waals surface area contributed by atoms with Gasteiger partial charge in [0.2, 0.25) is 10.0 Å². The number of hydrogen-bond donors (Lipinski definition) is 1. The van der Waals surface area contributed by atoms with Crippen LogP contribution in [0.4, 0.5) is 0 Å². The van der Waals surface area contributed by atoms with Gasteiger partial charge < -0.3 is 5.73 Å². The Labute approximate surface area is 91.9 Å². The summed E-state index contributed by atoms with van der Waals surface area (Å²) >= 11 is 0. The first kappa shape index (κ1) is 11.4. The normalized spacial score (nSPS) is 37.9. The van der Waals surface area contributed by atoms with E-state index in [-0.39, 0.29) is 11.8 Å². The summed E-state index contributed by atoms with van der Waals surface area (Å²) in [6.07, 6.45) is 3.16. The zero-order chi connectivity index (χ0) is 11.1. The highest BCUT2D eigenvalue weighted by atomic mass is 32.2. The van der Waals surface area contributed by atoms with Gasteiger partial charge in [-0.05, 0) is 38.0 Å². The summed E-state index contributed by atoms with van der Waals surface area (Å²) in [6.45, 7) is 3.14. The lowest BCUT2D eigenvalue weighted by atomic mass is 9.79. The van der Waals surface area contributed by atoms with Crippen molar-refractivity contribution in [2.24, 2.45) is 17.6 Å². The smallest absolute Gasteiger partial charge is 0.213 e. The molecule has 15 heavy (non-hydrogen) atoms. The quantitative estimate of drug-likeness (QED) is 0.749. The van der Waals surface area contributed by atoms with Crippen molar-refractivity contribution in [2.75, 3.05) is 18.8 Å². The summed E-state index contributed by atoms with van der Waals surface area (Å²) < 4.78 is 25.1. The molecular weight excluding hydrogens is 212 g/mol. The number of rotatable bonds is 2. The molecule has 2 fully saturated rings. The first-order chi connectivity index (χ1) is 7.03. The highest BCUT2D eigenvalue weighted by Crippen LogP contribution is 2.36. The van der Waals surface area contributed by atoms with E-state index in [4.69, 9.17) is 5.73 Å². The Kier molecular flexibility index (Phi) is 3.05. The minimum atomic E-state index is -2.98. The maximum Gasteiger partial charge on any atom is 0.213 e. The Morgan fingerprint density at radius 1 is 1.27 bits per heavy atom. The number of hydrogen-bond acceptors (Lipinski definition) is 3. The molecule has 4 nitrogen and oxygen atoms in total. The molecule has 1 saturated heterocycles. The molecule has 0 radical (unpaired) electrons. The summed E-state index contributed by atoms with van der Waals surface area (Å²) in [5, 5.41) is 0. The molecule has 0 aromatic heterocycles. The Bertz CT molecular complexity index is 328. The summed E-state index contributed by atoms with van der Waals surface area (Å²) in [5.41, 5.74) is 5.91. The minimum Gasteiger partial charge on any atom is -0.328 e. The largest absolute Gasteiger partial charge is 0.328 e. The monoisotopic (exact) mass is 232 g/mol. The second kappa shape index (κ2) is 4.03. The lowest BCUT2D eigenvalue weighted by Gasteiger charge is -2.28. The summed E-state index contributed by atoms with van der Waals surface area (Å²) in [7, 11) is -2.98. The fraction of sp³-hybridized carbons (Fsp3) is 1.00. The van der Waals surface area contributed by atoms with Crippen molar-refractivity contribution in [3.8, 4) is 0 Å². The van der Waals surface area contributed by atoms with Crippen molar-refractivity contribution in [3.63, 3.8) is 0 Å². The first-order valence-electron chi connectivity index (χ1n) is 5.76. The van der Waals surface area contributed by atoms with Gasteiger partial charge in [0.1, 0.15) is 0 Å². The molecule has 1 unspecified atom stereocenters. The summed E-state index contributed by atoms with van der Waals surface area (Å²) in [5.74, 6) is 1.29. The molecule has 0 amide bonds. The molecule has 0 bridgehead atoms. The molecule has 0 spiro atoms. The number of nitrogens with zero attached hydrogens (tertiary/aromatic N) is 1. The van der Waals surface area contributed by atoms with Crippen LogP contribution < -0.4 is 5.73 Å². The van der Waals surface area contributed by atoms with Gasteiger partial charge in [-0.3, -0.25) is 0 Å². The predicted molar refractivity (Wildman–Crippen MR) is 59.8 cm³/mol. The Morgan fingerprint density at radius 3 is 2.60 bits per heavy atom. The molecular formula is C10H20N2O2S. The van der Waals surface area contributed by atoms with E-state index in [2.05, 4.69) is 0 Å². The van der Waals surface area contributed by atoms with Crippen molar-refractivity contribution in [1.29, 1.82) is 0 Å². The summed E-state index contributed by atoms with van der Waals surface area (Å²) in [4.78, 5) is 0. The highest BCUT2D eigenvalue weighted by molar-refractivity contribution is 7.89. The third-order valence-corrected chi connectivity index (χ3v) is 5.63. The Hall–Kier alpha value is -0.130. The average Bonchev–Trinajstić information content (AvgIpc) is 2.61. The van der Waals surface area contributed by atoms with Crippen molar-refractivity contribution in [2.45, 2.75) is 32.2 Å².